The van der Waals surface area contributed by atoms with Crippen molar-refractivity contribution in [2.75, 3.05) is 11.5 Å². The van der Waals surface area contributed by atoms with Gasteiger partial charge in [-0.2, -0.15) is 16.7 Å². The molecule has 1 aliphatic heterocycles. The number of hydrogen-bond acceptors (Lipinski definition) is 5. The van der Waals surface area contributed by atoms with Gasteiger partial charge in [0.05, 0.1) is 5.92 Å². The molecule has 2 atom stereocenters. The third-order valence-corrected chi connectivity index (χ3v) is 4.62. The van der Waals surface area contributed by atoms with Gasteiger partial charge in [0.2, 0.25) is 5.89 Å². The van der Waals surface area contributed by atoms with Crippen molar-refractivity contribution in [3.05, 3.63) is 47.6 Å². The quantitative estimate of drug-likeness (QED) is 0.924. The molecule has 2 N–H and O–H groups in total. The molecule has 0 amide bonds. The van der Waals surface area contributed by atoms with Gasteiger partial charge in [-0.25, -0.2) is 0 Å². The summed E-state index contributed by atoms with van der Waals surface area (Å²) in [5.41, 5.74) is 7.33. The van der Waals surface area contributed by atoms with E-state index in [1.54, 1.807) is 0 Å². The van der Waals surface area contributed by atoms with Crippen molar-refractivity contribution in [1.29, 1.82) is 0 Å². The minimum Gasteiger partial charge on any atom is -0.339 e. The summed E-state index contributed by atoms with van der Waals surface area (Å²) in [6, 6.07) is 10.5. The highest BCUT2D eigenvalue weighted by Crippen LogP contribution is 2.30. The molecule has 1 saturated heterocycles. The van der Waals surface area contributed by atoms with Gasteiger partial charge < -0.3 is 10.3 Å². The number of nitrogens with zero attached hydrogens (tertiary/aromatic N) is 2. The molecule has 1 aliphatic rings. The first-order chi connectivity index (χ1) is 9.33. The topological polar surface area (TPSA) is 64.9 Å². The van der Waals surface area contributed by atoms with Gasteiger partial charge in [0.25, 0.3) is 0 Å². The highest BCUT2D eigenvalue weighted by atomic mass is 32.2. The second kappa shape index (κ2) is 5.75. The second-order valence-corrected chi connectivity index (χ2v) is 5.92. The largest absolute Gasteiger partial charge is 0.339 e. The molecule has 0 aliphatic carbocycles. The van der Waals surface area contributed by atoms with Crippen LogP contribution < -0.4 is 5.73 Å². The number of hydrogen-bond donors (Lipinski definition) is 1. The van der Waals surface area contributed by atoms with Crippen molar-refractivity contribution >= 4 is 11.8 Å². The van der Waals surface area contributed by atoms with Crippen molar-refractivity contribution < 1.29 is 4.52 Å². The summed E-state index contributed by atoms with van der Waals surface area (Å²) in [5, 5.41) is 4.06. The smallest absolute Gasteiger partial charge is 0.232 e. The summed E-state index contributed by atoms with van der Waals surface area (Å²) >= 11 is 1.85. The molecule has 19 heavy (non-hydrogen) atoms. The molecule has 0 radical (unpaired) electrons. The molecule has 3 rings (SSSR count). The Bertz CT molecular complexity index is 528. The molecule has 2 heterocycles. The Morgan fingerprint density at radius 1 is 1.21 bits per heavy atom. The van der Waals surface area contributed by atoms with Crippen LogP contribution in [0, 0.1) is 0 Å². The minimum atomic E-state index is 0.146. The monoisotopic (exact) mass is 275 g/mol. The Balaban J connectivity index is 1.62. The van der Waals surface area contributed by atoms with Crippen molar-refractivity contribution in [3.63, 3.8) is 0 Å². The normalized spacial score (nSPS) is 22.8. The fourth-order valence-corrected chi connectivity index (χ4v) is 3.53. The maximum atomic E-state index is 6.04. The first kappa shape index (κ1) is 12.7. The van der Waals surface area contributed by atoms with E-state index in [1.165, 1.54) is 5.56 Å². The van der Waals surface area contributed by atoms with E-state index in [-0.39, 0.29) is 12.0 Å². The van der Waals surface area contributed by atoms with Crippen LogP contribution in [0.3, 0.4) is 0 Å². The van der Waals surface area contributed by atoms with E-state index in [0.717, 1.165) is 30.2 Å². The zero-order valence-electron chi connectivity index (χ0n) is 10.7. The van der Waals surface area contributed by atoms with Gasteiger partial charge in [0.1, 0.15) is 0 Å². The molecule has 0 spiro atoms. The summed E-state index contributed by atoms with van der Waals surface area (Å²) in [7, 11) is 0. The van der Waals surface area contributed by atoms with Crippen molar-refractivity contribution in [2.45, 2.75) is 24.8 Å². The van der Waals surface area contributed by atoms with Gasteiger partial charge in [-0.15, -0.1) is 0 Å². The third-order valence-electron chi connectivity index (χ3n) is 3.41. The molecule has 100 valence electrons. The molecular formula is C14H17N3OS. The van der Waals surface area contributed by atoms with Gasteiger partial charge in [0.15, 0.2) is 5.82 Å². The van der Waals surface area contributed by atoms with E-state index < -0.39 is 0 Å². The first-order valence-electron chi connectivity index (χ1n) is 6.52. The van der Waals surface area contributed by atoms with Crippen molar-refractivity contribution in [2.24, 2.45) is 5.73 Å². The number of aryl methyl sites for hydroxylation is 2. The van der Waals surface area contributed by atoms with Gasteiger partial charge in [0, 0.05) is 24.0 Å². The number of thioether (sulfide) groups is 1. The van der Waals surface area contributed by atoms with Crippen LogP contribution in [-0.4, -0.2) is 27.7 Å². The second-order valence-electron chi connectivity index (χ2n) is 4.84. The fraction of sp³-hybridized carbons (Fsp3) is 0.429. The first-order valence-corrected chi connectivity index (χ1v) is 7.68. The molecule has 0 bridgehead atoms. The van der Waals surface area contributed by atoms with E-state index in [0.29, 0.717) is 5.89 Å². The minimum absolute atomic E-state index is 0.146. The van der Waals surface area contributed by atoms with Crippen LogP contribution in [0.4, 0.5) is 0 Å². The summed E-state index contributed by atoms with van der Waals surface area (Å²) in [5.74, 6) is 3.68. The van der Waals surface area contributed by atoms with E-state index in [2.05, 4.69) is 22.3 Å². The summed E-state index contributed by atoms with van der Waals surface area (Å²) in [6.45, 7) is 0. The predicted octanol–water partition coefficient (Wildman–Crippen LogP) is 2.01. The van der Waals surface area contributed by atoms with Gasteiger partial charge in [-0.05, 0) is 12.0 Å². The predicted molar refractivity (Wildman–Crippen MR) is 76.2 cm³/mol. The highest BCUT2D eigenvalue weighted by molar-refractivity contribution is 7.99. The van der Waals surface area contributed by atoms with Gasteiger partial charge >= 0.3 is 0 Å². The maximum Gasteiger partial charge on any atom is 0.232 e. The Hall–Kier alpha value is -1.33. The SMILES string of the molecule is NC1CSCC1c1nc(CCc2ccccc2)no1. The van der Waals surface area contributed by atoms with Crippen molar-refractivity contribution in [1.82, 2.24) is 10.1 Å². The van der Waals surface area contributed by atoms with E-state index in [4.69, 9.17) is 10.3 Å². The average molecular weight is 275 g/mol. The van der Waals surface area contributed by atoms with Crippen LogP contribution in [0.5, 0.6) is 0 Å². The number of aromatic nitrogens is 2. The molecule has 2 unspecified atom stereocenters. The molecule has 2 aromatic rings. The fourth-order valence-electron chi connectivity index (χ4n) is 2.25. The van der Waals surface area contributed by atoms with E-state index >= 15 is 0 Å². The van der Waals surface area contributed by atoms with Gasteiger partial charge in [-0.3, -0.25) is 0 Å². The lowest BCUT2D eigenvalue weighted by atomic mass is 10.1. The molecule has 4 nitrogen and oxygen atoms in total. The van der Waals surface area contributed by atoms with Crippen LogP contribution in [0.15, 0.2) is 34.9 Å². The van der Waals surface area contributed by atoms with Crippen LogP contribution in [0.1, 0.15) is 23.2 Å². The van der Waals surface area contributed by atoms with Gasteiger partial charge in [-0.1, -0.05) is 35.5 Å². The lowest BCUT2D eigenvalue weighted by Crippen LogP contribution is -2.26. The van der Waals surface area contributed by atoms with E-state index in [1.807, 2.05) is 30.0 Å². The summed E-state index contributed by atoms with van der Waals surface area (Å²) in [6.07, 6.45) is 1.74. The van der Waals surface area contributed by atoms with Crippen LogP contribution in [-0.2, 0) is 12.8 Å². The van der Waals surface area contributed by atoms with Crippen molar-refractivity contribution in [3.8, 4) is 0 Å². The zero-order chi connectivity index (χ0) is 13.1. The molecule has 0 saturated carbocycles. The lowest BCUT2D eigenvalue weighted by molar-refractivity contribution is 0.348. The molecule has 1 aromatic heterocycles. The lowest BCUT2D eigenvalue weighted by Gasteiger charge is -2.07. The van der Waals surface area contributed by atoms with Crippen LogP contribution in [0.2, 0.25) is 0 Å². The standard InChI is InChI=1S/C14H17N3OS/c15-12-9-19-8-11(12)14-16-13(17-18-14)7-6-10-4-2-1-3-5-10/h1-5,11-12H,6-9,15H2. The average Bonchev–Trinajstić information content (AvgIpc) is 3.06. The number of rotatable bonds is 4. The Kier molecular flexibility index (Phi) is 3.84. The van der Waals surface area contributed by atoms with Crippen LogP contribution >= 0.6 is 11.8 Å². The summed E-state index contributed by atoms with van der Waals surface area (Å²) in [4.78, 5) is 4.49. The third kappa shape index (κ3) is 2.98. The maximum absolute atomic E-state index is 6.04. The molecule has 5 heteroatoms. The highest BCUT2D eigenvalue weighted by Gasteiger charge is 2.30. The number of benzene rings is 1. The Labute approximate surface area is 116 Å². The van der Waals surface area contributed by atoms with Crippen LogP contribution in [0.25, 0.3) is 0 Å². The molecule has 1 fully saturated rings. The zero-order valence-corrected chi connectivity index (χ0v) is 11.5. The Morgan fingerprint density at radius 2 is 2.05 bits per heavy atom. The molecule has 1 aromatic carbocycles. The van der Waals surface area contributed by atoms with E-state index in [9.17, 15) is 0 Å². The number of nitrogens with two attached hydrogens (primary N) is 1. The molecular weight excluding hydrogens is 258 g/mol. The summed E-state index contributed by atoms with van der Waals surface area (Å²) < 4.78 is 5.35. The Morgan fingerprint density at radius 3 is 2.79 bits per heavy atom.